The number of rotatable bonds is 7. The molecule has 5 aromatic rings. The van der Waals surface area contributed by atoms with E-state index in [4.69, 9.17) is 0 Å². The summed E-state index contributed by atoms with van der Waals surface area (Å²) < 4.78 is 15.0. The normalized spacial score (nSPS) is 13.6. The van der Waals surface area contributed by atoms with Crippen LogP contribution in [-0.4, -0.2) is 8.07 Å². The lowest BCUT2D eigenvalue weighted by Gasteiger charge is -2.37. The quantitative estimate of drug-likeness (QED) is 0.150. The maximum Gasteiger partial charge on any atom is 0.175 e. The lowest BCUT2D eigenvalue weighted by molar-refractivity contribution is 0.592. The number of hydrogen-bond acceptors (Lipinski definition) is 1. The third kappa shape index (κ3) is 4.50. The first-order chi connectivity index (χ1) is 19.2. The van der Waals surface area contributed by atoms with Crippen molar-refractivity contribution in [1.29, 1.82) is 0 Å². The molecule has 39 heavy (non-hydrogen) atoms. The molecule has 0 saturated carbocycles. The van der Waals surface area contributed by atoms with Crippen LogP contribution >= 0.6 is 7.14 Å². The molecule has 190 valence electrons. The molecule has 1 nitrogen and oxygen atoms in total. The molecule has 1 aliphatic carbocycles. The maximum absolute atomic E-state index is 15.0. The molecule has 0 atom stereocenters. The van der Waals surface area contributed by atoms with Crippen molar-refractivity contribution in [3.63, 3.8) is 0 Å². The van der Waals surface area contributed by atoms with Gasteiger partial charge >= 0.3 is 0 Å². The summed E-state index contributed by atoms with van der Waals surface area (Å²) in [6.45, 7) is 0. The van der Waals surface area contributed by atoms with Gasteiger partial charge in [-0.15, -0.1) is 0 Å². The second-order valence-electron chi connectivity index (χ2n) is 9.97. The van der Waals surface area contributed by atoms with Gasteiger partial charge in [0.2, 0.25) is 0 Å². The summed E-state index contributed by atoms with van der Waals surface area (Å²) in [5.41, 5.74) is 0. The molecule has 1 aliphatic rings. The third-order valence-electron chi connectivity index (χ3n) is 7.81. The summed E-state index contributed by atoms with van der Waals surface area (Å²) in [4.78, 5) is 0. The number of allylic oxidation sites excluding steroid dienone is 4. The Labute approximate surface area is 232 Å². The molecule has 0 aliphatic heterocycles. The molecule has 0 spiro atoms. The molecule has 0 amide bonds. The maximum atomic E-state index is 15.0. The van der Waals surface area contributed by atoms with Gasteiger partial charge in [-0.3, -0.25) is 0 Å². The van der Waals surface area contributed by atoms with E-state index in [9.17, 15) is 0 Å². The van der Waals surface area contributed by atoms with Crippen LogP contribution in [0.25, 0.3) is 0 Å². The van der Waals surface area contributed by atoms with Crippen LogP contribution in [0.2, 0.25) is 0 Å². The minimum Gasteiger partial charge on any atom is -0.309 e. The fourth-order valence-corrected chi connectivity index (χ4v) is 13.7. The molecule has 0 aromatic heterocycles. The zero-order chi connectivity index (χ0) is 26.5. The van der Waals surface area contributed by atoms with E-state index < -0.39 is 15.2 Å². The van der Waals surface area contributed by atoms with Gasteiger partial charge in [0.15, 0.2) is 15.2 Å². The van der Waals surface area contributed by atoms with E-state index in [0.717, 1.165) is 28.8 Å². The lowest BCUT2D eigenvalue weighted by atomic mass is 10.2. The first kappa shape index (κ1) is 25.3. The minimum absolute atomic E-state index is 0.860. The molecule has 0 N–H and O–H groups in total. The van der Waals surface area contributed by atoms with E-state index in [2.05, 4.69) is 103 Å². The molecular weight excluding hydrogens is 507 g/mol. The molecule has 5 aromatic carbocycles. The smallest absolute Gasteiger partial charge is 0.175 e. The van der Waals surface area contributed by atoms with Crippen LogP contribution in [0, 0.1) is 0 Å². The largest absolute Gasteiger partial charge is 0.309 e. The van der Waals surface area contributed by atoms with Gasteiger partial charge < -0.3 is 4.57 Å². The Kier molecular flexibility index (Phi) is 7.15. The van der Waals surface area contributed by atoms with E-state index in [0.29, 0.717) is 0 Å². The standard InChI is InChI=1S/C36H31OPSi/c37-38(30-16-6-1-7-17-30,31-18-8-2-9-19-31)32-26-28-36(29-27-32)39(33-20-10-3-11-21-33,34-22-12-4-13-23-34)35-24-14-5-15-25-35/h1-14,16-24,26-29H,15,25H2. The van der Waals surface area contributed by atoms with Gasteiger partial charge in [-0.2, -0.15) is 0 Å². The van der Waals surface area contributed by atoms with Crippen molar-refractivity contribution in [3.05, 3.63) is 169 Å². The van der Waals surface area contributed by atoms with Crippen molar-refractivity contribution in [3.8, 4) is 0 Å². The predicted molar refractivity (Wildman–Crippen MR) is 170 cm³/mol. The average Bonchev–Trinajstić information content (AvgIpc) is 3.04. The van der Waals surface area contributed by atoms with E-state index >= 15 is 4.57 Å². The van der Waals surface area contributed by atoms with Crippen molar-refractivity contribution in [2.75, 3.05) is 0 Å². The average molecular weight is 539 g/mol. The zero-order valence-corrected chi connectivity index (χ0v) is 23.8. The molecule has 0 bridgehead atoms. The monoisotopic (exact) mass is 538 g/mol. The van der Waals surface area contributed by atoms with Gasteiger partial charge in [0, 0.05) is 15.9 Å². The van der Waals surface area contributed by atoms with Crippen LogP contribution in [0.5, 0.6) is 0 Å². The highest BCUT2D eigenvalue weighted by Crippen LogP contribution is 2.42. The van der Waals surface area contributed by atoms with Gasteiger partial charge in [-0.05, 0) is 28.4 Å². The van der Waals surface area contributed by atoms with Crippen LogP contribution in [0.1, 0.15) is 12.8 Å². The Hall–Kier alpha value is -3.97. The zero-order valence-electron chi connectivity index (χ0n) is 21.9. The van der Waals surface area contributed by atoms with Crippen LogP contribution < -0.4 is 31.5 Å². The summed E-state index contributed by atoms with van der Waals surface area (Å²) in [7, 11) is -5.58. The number of hydrogen-bond donors (Lipinski definition) is 0. The summed E-state index contributed by atoms with van der Waals surface area (Å²) in [6.07, 6.45) is 8.93. The molecular formula is C36H31OPSi. The fourth-order valence-electron chi connectivity index (χ4n) is 5.99. The second kappa shape index (κ2) is 11.0. The topological polar surface area (TPSA) is 17.1 Å². The SMILES string of the molecule is O=P(c1ccccc1)(c1ccccc1)c1ccc([Si](C2=CC=CCC2)(c2ccccc2)c2ccccc2)cc1. The molecule has 6 rings (SSSR count). The Morgan fingerprint density at radius 3 is 1.33 bits per heavy atom. The highest BCUT2D eigenvalue weighted by Gasteiger charge is 2.43. The van der Waals surface area contributed by atoms with Crippen molar-refractivity contribution < 1.29 is 4.57 Å². The molecule has 0 fully saturated rings. The Balaban J connectivity index is 1.59. The molecule has 0 unspecified atom stereocenters. The van der Waals surface area contributed by atoms with Gasteiger partial charge in [0.25, 0.3) is 0 Å². The summed E-state index contributed by atoms with van der Waals surface area (Å²) in [5.74, 6) is 0. The Bertz CT molecular complexity index is 1560. The Morgan fingerprint density at radius 2 is 0.897 bits per heavy atom. The first-order valence-corrected chi connectivity index (χ1v) is 17.2. The van der Waals surface area contributed by atoms with Crippen molar-refractivity contribution in [2.24, 2.45) is 0 Å². The Morgan fingerprint density at radius 1 is 0.487 bits per heavy atom. The van der Waals surface area contributed by atoms with Crippen LogP contribution in [0.4, 0.5) is 0 Å². The van der Waals surface area contributed by atoms with Gasteiger partial charge in [-0.25, -0.2) is 0 Å². The summed E-state index contributed by atoms with van der Waals surface area (Å²) in [6, 6.07) is 50.6. The van der Waals surface area contributed by atoms with Gasteiger partial charge in [0.05, 0.1) is 0 Å². The van der Waals surface area contributed by atoms with Crippen molar-refractivity contribution in [2.45, 2.75) is 12.8 Å². The van der Waals surface area contributed by atoms with E-state index in [1.165, 1.54) is 20.8 Å². The molecule has 3 heteroatoms. The first-order valence-electron chi connectivity index (χ1n) is 13.5. The summed E-state index contributed by atoms with van der Waals surface area (Å²) in [5, 5.41) is 8.16. The molecule has 0 radical (unpaired) electrons. The van der Waals surface area contributed by atoms with Crippen molar-refractivity contribution in [1.82, 2.24) is 0 Å². The van der Waals surface area contributed by atoms with Crippen molar-refractivity contribution >= 4 is 46.7 Å². The second-order valence-corrected chi connectivity index (χ2v) is 16.6. The molecule has 0 saturated heterocycles. The van der Waals surface area contributed by atoms with E-state index in [-0.39, 0.29) is 0 Å². The fraction of sp³-hybridized carbons (Fsp3) is 0.0556. The van der Waals surface area contributed by atoms with Crippen LogP contribution in [-0.2, 0) is 4.57 Å². The van der Waals surface area contributed by atoms with Gasteiger partial charge in [0.1, 0.15) is 0 Å². The van der Waals surface area contributed by atoms with Crippen LogP contribution in [0.3, 0.4) is 0 Å². The highest BCUT2D eigenvalue weighted by molar-refractivity contribution is 7.85. The predicted octanol–water partition coefficient (Wildman–Crippen LogP) is 5.61. The van der Waals surface area contributed by atoms with E-state index in [1.54, 1.807) is 0 Å². The van der Waals surface area contributed by atoms with Gasteiger partial charge in [-0.1, -0.05) is 169 Å². The van der Waals surface area contributed by atoms with Crippen LogP contribution in [0.15, 0.2) is 169 Å². The lowest BCUT2D eigenvalue weighted by Crippen LogP contribution is -2.68. The minimum atomic E-state index is -3.04. The summed E-state index contributed by atoms with van der Waals surface area (Å²) >= 11 is 0. The van der Waals surface area contributed by atoms with E-state index in [1.807, 2.05) is 60.7 Å². The number of benzene rings is 5. The third-order valence-corrected chi connectivity index (χ3v) is 15.9. The highest BCUT2D eigenvalue weighted by atomic mass is 31.2. The molecule has 0 heterocycles.